The van der Waals surface area contributed by atoms with Gasteiger partial charge in [0, 0.05) is 11.8 Å². The lowest BCUT2D eigenvalue weighted by Crippen LogP contribution is -2.08. The van der Waals surface area contributed by atoms with E-state index < -0.39 is 0 Å². The maximum Gasteiger partial charge on any atom is 0.212 e. The highest BCUT2D eigenvalue weighted by Gasteiger charge is 2.21. The predicted molar refractivity (Wildman–Crippen MR) is 87.7 cm³/mol. The van der Waals surface area contributed by atoms with Gasteiger partial charge in [-0.25, -0.2) is 0 Å². The largest absolute Gasteiger partial charge is 0.497 e. The number of pyridine rings is 1. The maximum atomic E-state index is 12.9. The van der Waals surface area contributed by atoms with Gasteiger partial charge in [0.25, 0.3) is 0 Å². The van der Waals surface area contributed by atoms with Crippen LogP contribution in [-0.2, 0) is 0 Å². The van der Waals surface area contributed by atoms with Crippen molar-refractivity contribution >= 4 is 17.0 Å². The summed E-state index contributed by atoms with van der Waals surface area (Å²) in [5.41, 5.74) is 10.8. The zero-order valence-electron chi connectivity index (χ0n) is 12.9. The summed E-state index contributed by atoms with van der Waals surface area (Å²) in [5.74, 6) is 0.543. The predicted octanol–water partition coefficient (Wildman–Crippen LogP) is 3.38. The van der Waals surface area contributed by atoms with Crippen molar-refractivity contribution in [2.24, 2.45) is 0 Å². The van der Waals surface area contributed by atoms with Gasteiger partial charge in [-0.15, -0.1) is 0 Å². The molecule has 0 radical (unpaired) electrons. The number of anilines is 1. The Bertz CT molecular complexity index is 878. The third-order valence-corrected chi connectivity index (χ3v) is 3.94. The number of aromatic nitrogens is 1. The minimum Gasteiger partial charge on any atom is -0.497 e. The maximum absolute atomic E-state index is 12.9. The Kier molecular flexibility index (Phi) is 3.37. The molecule has 0 unspecified atom stereocenters. The molecule has 22 heavy (non-hydrogen) atoms. The number of carbonyl (C=O) groups is 1. The molecule has 1 aromatic carbocycles. The van der Waals surface area contributed by atoms with E-state index in [0.29, 0.717) is 22.7 Å². The SMILES string of the molecule is COc1cccc(C(=O)c2c(N)c(C)c3cc(C)ccn23)c1. The highest BCUT2D eigenvalue weighted by atomic mass is 16.5. The zero-order valence-corrected chi connectivity index (χ0v) is 12.9. The van der Waals surface area contributed by atoms with Crippen LogP contribution in [0.2, 0.25) is 0 Å². The van der Waals surface area contributed by atoms with Crippen molar-refractivity contribution in [1.29, 1.82) is 0 Å². The first-order valence-electron chi connectivity index (χ1n) is 7.08. The number of ether oxygens (including phenoxy) is 1. The van der Waals surface area contributed by atoms with E-state index >= 15 is 0 Å². The van der Waals surface area contributed by atoms with Crippen LogP contribution in [0.1, 0.15) is 27.2 Å². The van der Waals surface area contributed by atoms with Crippen LogP contribution in [-0.4, -0.2) is 17.3 Å². The Balaban J connectivity index is 2.21. The van der Waals surface area contributed by atoms with Crippen molar-refractivity contribution in [3.05, 3.63) is 65.0 Å². The number of carbonyl (C=O) groups excluding carboxylic acids is 1. The zero-order chi connectivity index (χ0) is 15.9. The van der Waals surface area contributed by atoms with Crippen LogP contribution in [0, 0.1) is 13.8 Å². The molecule has 2 N–H and O–H groups in total. The Morgan fingerprint density at radius 1 is 1.18 bits per heavy atom. The number of hydrogen-bond donors (Lipinski definition) is 1. The summed E-state index contributed by atoms with van der Waals surface area (Å²) in [4.78, 5) is 12.9. The average molecular weight is 294 g/mol. The molecular formula is C18H18N2O2. The number of methoxy groups -OCH3 is 1. The van der Waals surface area contributed by atoms with Gasteiger partial charge in [0.05, 0.1) is 18.3 Å². The van der Waals surface area contributed by atoms with Gasteiger partial charge in [0.1, 0.15) is 11.4 Å². The van der Waals surface area contributed by atoms with Crippen LogP contribution < -0.4 is 10.5 Å². The number of nitrogen functional groups attached to an aromatic ring is 1. The highest BCUT2D eigenvalue weighted by Crippen LogP contribution is 2.28. The first kappa shape index (κ1) is 14.2. The molecule has 0 atom stereocenters. The standard InChI is InChI=1S/C18H18N2O2/c1-11-7-8-20-15(9-11)12(2)16(19)17(20)18(21)13-5-4-6-14(10-13)22-3/h4-10H,19H2,1-3H3. The van der Waals surface area contributed by atoms with Gasteiger partial charge in [-0.3, -0.25) is 4.79 Å². The Hall–Kier alpha value is -2.75. The molecule has 0 aliphatic carbocycles. The van der Waals surface area contributed by atoms with Crippen LogP contribution >= 0.6 is 0 Å². The second kappa shape index (κ2) is 5.22. The molecule has 0 saturated carbocycles. The molecule has 2 aromatic heterocycles. The van der Waals surface area contributed by atoms with E-state index in [2.05, 4.69) is 0 Å². The Morgan fingerprint density at radius 3 is 2.68 bits per heavy atom. The summed E-state index contributed by atoms with van der Waals surface area (Å²) < 4.78 is 7.05. The number of hydrogen-bond acceptors (Lipinski definition) is 3. The summed E-state index contributed by atoms with van der Waals surface area (Å²) in [6.07, 6.45) is 1.89. The lowest BCUT2D eigenvalue weighted by Gasteiger charge is -2.06. The van der Waals surface area contributed by atoms with Crippen molar-refractivity contribution in [1.82, 2.24) is 4.40 Å². The summed E-state index contributed by atoms with van der Waals surface area (Å²) in [6.45, 7) is 3.96. The molecule has 0 aliphatic rings. The van der Waals surface area contributed by atoms with Crippen LogP contribution in [0.3, 0.4) is 0 Å². The van der Waals surface area contributed by atoms with E-state index in [1.807, 2.05) is 42.6 Å². The molecule has 0 saturated heterocycles. The Labute approximate surface area is 129 Å². The first-order valence-corrected chi connectivity index (χ1v) is 7.08. The molecule has 0 aliphatic heterocycles. The molecule has 2 heterocycles. The molecule has 4 nitrogen and oxygen atoms in total. The normalized spacial score (nSPS) is 10.9. The number of benzene rings is 1. The van der Waals surface area contributed by atoms with Crippen LogP contribution in [0.15, 0.2) is 42.6 Å². The summed E-state index contributed by atoms with van der Waals surface area (Å²) in [5, 5.41) is 0. The van der Waals surface area contributed by atoms with Gasteiger partial charge in [0.15, 0.2) is 0 Å². The molecule has 112 valence electrons. The number of nitrogens with zero attached hydrogens (tertiary/aromatic N) is 1. The van der Waals surface area contributed by atoms with Crippen molar-refractivity contribution in [3.63, 3.8) is 0 Å². The van der Waals surface area contributed by atoms with E-state index in [4.69, 9.17) is 10.5 Å². The molecule has 0 bridgehead atoms. The van der Waals surface area contributed by atoms with E-state index in [0.717, 1.165) is 16.6 Å². The molecule has 3 aromatic rings. The molecule has 0 spiro atoms. The fraction of sp³-hybridized carbons (Fsp3) is 0.167. The van der Waals surface area contributed by atoms with E-state index in [9.17, 15) is 4.79 Å². The number of rotatable bonds is 3. The molecule has 3 rings (SSSR count). The number of nitrogens with two attached hydrogens (primary N) is 1. The molecule has 4 heteroatoms. The minimum atomic E-state index is -0.108. The number of fused-ring (bicyclic) bond motifs is 1. The number of aryl methyl sites for hydroxylation is 2. The van der Waals surface area contributed by atoms with Gasteiger partial charge in [0.2, 0.25) is 5.78 Å². The fourth-order valence-corrected chi connectivity index (χ4v) is 2.67. The quantitative estimate of drug-likeness (QED) is 0.753. The van der Waals surface area contributed by atoms with Crippen LogP contribution in [0.25, 0.3) is 5.52 Å². The van der Waals surface area contributed by atoms with Crippen LogP contribution in [0.5, 0.6) is 5.75 Å². The van der Waals surface area contributed by atoms with E-state index in [1.165, 1.54) is 0 Å². The highest BCUT2D eigenvalue weighted by molar-refractivity contribution is 6.12. The summed E-state index contributed by atoms with van der Waals surface area (Å²) >= 11 is 0. The smallest absolute Gasteiger partial charge is 0.212 e. The monoisotopic (exact) mass is 294 g/mol. The van der Waals surface area contributed by atoms with Crippen molar-refractivity contribution in [2.45, 2.75) is 13.8 Å². The summed E-state index contributed by atoms with van der Waals surface area (Å²) in [7, 11) is 1.58. The van der Waals surface area contributed by atoms with E-state index in [1.54, 1.807) is 25.3 Å². The third-order valence-electron chi connectivity index (χ3n) is 3.94. The second-order valence-corrected chi connectivity index (χ2v) is 5.41. The fourth-order valence-electron chi connectivity index (χ4n) is 2.67. The van der Waals surface area contributed by atoms with E-state index in [-0.39, 0.29) is 5.78 Å². The lowest BCUT2D eigenvalue weighted by atomic mass is 10.1. The van der Waals surface area contributed by atoms with Gasteiger partial charge in [-0.2, -0.15) is 0 Å². The average Bonchev–Trinajstić information content (AvgIpc) is 2.78. The lowest BCUT2D eigenvalue weighted by molar-refractivity contribution is 0.103. The number of ketones is 1. The van der Waals surface area contributed by atoms with Crippen molar-refractivity contribution < 1.29 is 9.53 Å². The summed E-state index contributed by atoms with van der Waals surface area (Å²) in [6, 6.07) is 11.1. The van der Waals surface area contributed by atoms with Crippen molar-refractivity contribution in [3.8, 4) is 5.75 Å². The molecule has 0 amide bonds. The topological polar surface area (TPSA) is 56.7 Å². The van der Waals surface area contributed by atoms with Gasteiger partial charge < -0.3 is 14.9 Å². The van der Waals surface area contributed by atoms with Gasteiger partial charge >= 0.3 is 0 Å². The molecular weight excluding hydrogens is 276 g/mol. The van der Waals surface area contributed by atoms with Gasteiger partial charge in [-0.05, 0) is 49.2 Å². The minimum absolute atomic E-state index is 0.108. The van der Waals surface area contributed by atoms with Crippen molar-refractivity contribution in [2.75, 3.05) is 12.8 Å². The van der Waals surface area contributed by atoms with Gasteiger partial charge in [-0.1, -0.05) is 12.1 Å². The Morgan fingerprint density at radius 2 is 1.95 bits per heavy atom. The third kappa shape index (κ3) is 2.13. The van der Waals surface area contributed by atoms with Crippen LogP contribution in [0.4, 0.5) is 5.69 Å². The molecule has 0 fully saturated rings. The first-order chi connectivity index (χ1) is 10.5. The second-order valence-electron chi connectivity index (χ2n) is 5.41.